The molecule has 0 radical (unpaired) electrons. The quantitative estimate of drug-likeness (QED) is 0.520. The molecule has 0 aliphatic heterocycles. The molecule has 152 valence electrons. The third kappa shape index (κ3) is 5.71. The molecular weight excluding hydrogens is 415 g/mol. The van der Waals surface area contributed by atoms with Crippen LogP contribution in [0.15, 0.2) is 47.6 Å². The number of hydrogen-bond donors (Lipinski definition) is 1. The predicted molar refractivity (Wildman–Crippen MR) is 112 cm³/mol. The van der Waals surface area contributed by atoms with E-state index in [-0.39, 0.29) is 23.3 Å². The molecule has 1 heterocycles. The highest BCUT2D eigenvalue weighted by atomic mass is 35.5. The smallest absolute Gasteiger partial charge is 0.234 e. The highest BCUT2D eigenvalue weighted by molar-refractivity contribution is 7.99. The second kappa shape index (κ2) is 9.76. The first kappa shape index (κ1) is 21.1. The number of aromatic nitrogens is 3. The lowest BCUT2D eigenvalue weighted by Crippen LogP contribution is -2.15. The number of rotatable bonds is 8. The maximum atomic E-state index is 13.2. The number of amides is 1. The Bertz CT molecular complexity index is 1010. The van der Waals surface area contributed by atoms with E-state index in [1.165, 1.54) is 30.0 Å². The SMILES string of the molecule is CCn1c(COc2cccc(C)c2)nnc1SCC(=O)Nc1ccc(F)c(Cl)c1. The zero-order valence-electron chi connectivity index (χ0n) is 16.0. The van der Waals surface area contributed by atoms with Crippen LogP contribution in [0.4, 0.5) is 10.1 Å². The molecular formula is C20H20ClFN4O2S. The van der Waals surface area contributed by atoms with Gasteiger partial charge in [0.05, 0.1) is 10.8 Å². The number of carbonyl (C=O) groups excluding carboxylic acids is 1. The Kier molecular flexibility index (Phi) is 7.11. The zero-order chi connectivity index (χ0) is 20.8. The van der Waals surface area contributed by atoms with Crippen LogP contribution < -0.4 is 10.1 Å². The van der Waals surface area contributed by atoms with Gasteiger partial charge in [0.25, 0.3) is 0 Å². The van der Waals surface area contributed by atoms with Crippen LogP contribution in [0.3, 0.4) is 0 Å². The standard InChI is InChI=1S/C20H20ClFN4O2S/c1-3-26-18(11-28-15-6-4-5-13(2)9-15)24-25-20(26)29-12-19(27)23-14-7-8-17(22)16(21)10-14/h4-10H,3,11-12H2,1-2H3,(H,23,27). The highest BCUT2D eigenvalue weighted by Crippen LogP contribution is 2.22. The molecule has 0 spiro atoms. The van der Waals surface area contributed by atoms with Gasteiger partial charge in [0.2, 0.25) is 5.91 Å². The van der Waals surface area contributed by atoms with Gasteiger partial charge >= 0.3 is 0 Å². The number of thioether (sulfide) groups is 1. The molecule has 0 fully saturated rings. The van der Waals surface area contributed by atoms with Gasteiger partial charge in [-0.2, -0.15) is 0 Å². The summed E-state index contributed by atoms with van der Waals surface area (Å²) in [6, 6.07) is 11.8. The Morgan fingerprint density at radius 1 is 1.28 bits per heavy atom. The molecule has 0 unspecified atom stereocenters. The Morgan fingerprint density at radius 3 is 2.83 bits per heavy atom. The summed E-state index contributed by atoms with van der Waals surface area (Å²) in [5.74, 6) is 0.798. The fourth-order valence-corrected chi connectivity index (χ4v) is 3.61. The molecule has 0 bridgehead atoms. The van der Waals surface area contributed by atoms with Gasteiger partial charge in [0, 0.05) is 12.2 Å². The molecule has 3 rings (SSSR count). The van der Waals surface area contributed by atoms with Crippen LogP contribution in [0.25, 0.3) is 0 Å². The summed E-state index contributed by atoms with van der Waals surface area (Å²) in [5, 5.41) is 11.6. The van der Waals surface area contributed by atoms with Crippen LogP contribution in [0, 0.1) is 12.7 Å². The van der Waals surface area contributed by atoms with Crippen LogP contribution in [0.5, 0.6) is 5.75 Å². The van der Waals surface area contributed by atoms with Crippen molar-refractivity contribution in [1.82, 2.24) is 14.8 Å². The van der Waals surface area contributed by atoms with E-state index in [9.17, 15) is 9.18 Å². The molecule has 0 atom stereocenters. The number of ether oxygens (including phenoxy) is 1. The van der Waals surface area contributed by atoms with Crippen molar-refractivity contribution in [3.63, 3.8) is 0 Å². The Balaban J connectivity index is 1.58. The maximum Gasteiger partial charge on any atom is 0.234 e. The van der Waals surface area contributed by atoms with Crippen LogP contribution in [-0.4, -0.2) is 26.4 Å². The maximum absolute atomic E-state index is 13.2. The molecule has 29 heavy (non-hydrogen) atoms. The van der Waals surface area contributed by atoms with Crippen molar-refractivity contribution < 1.29 is 13.9 Å². The van der Waals surface area contributed by atoms with E-state index in [1.54, 1.807) is 0 Å². The Labute approximate surface area is 177 Å². The summed E-state index contributed by atoms with van der Waals surface area (Å²) < 4.78 is 20.9. The molecule has 1 amide bonds. The minimum absolute atomic E-state index is 0.0422. The van der Waals surface area contributed by atoms with Crippen molar-refractivity contribution in [2.24, 2.45) is 0 Å². The van der Waals surface area contributed by atoms with Crippen LogP contribution in [0.2, 0.25) is 5.02 Å². The van der Waals surface area contributed by atoms with Crippen molar-refractivity contribution in [3.8, 4) is 5.75 Å². The van der Waals surface area contributed by atoms with E-state index in [1.807, 2.05) is 42.7 Å². The number of halogens is 2. The molecule has 0 saturated carbocycles. The van der Waals surface area contributed by atoms with Gasteiger partial charge < -0.3 is 14.6 Å². The van der Waals surface area contributed by atoms with Gasteiger partial charge in [-0.25, -0.2) is 4.39 Å². The number of anilines is 1. The number of nitrogens with zero attached hydrogens (tertiary/aromatic N) is 3. The summed E-state index contributed by atoms with van der Waals surface area (Å²) in [5.41, 5.74) is 1.55. The minimum atomic E-state index is -0.532. The molecule has 2 aromatic carbocycles. The van der Waals surface area contributed by atoms with Crippen LogP contribution in [0.1, 0.15) is 18.3 Å². The third-order valence-electron chi connectivity index (χ3n) is 4.00. The summed E-state index contributed by atoms with van der Waals surface area (Å²) in [7, 11) is 0. The number of nitrogens with one attached hydrogen (secondary N) is 1. The topological polar surface area (TPSA) is 69.0 Å². The molecule has 1 N–H and O–H groups in total. The van der Waals surface area contributed by atoms with Crippen molar-refractivity contribution in [2.45, 2.75) is 32.2 Å². The molecule has 0 saturated heterocycles. The van der Waals surface area contributed by atoms with Crippen molar-refractivity contribution >= 4 is 35.0 Å². The normalized spacial score (nSPS) is 10.8. The summed E-state index contributed by atoms with van der Waals surface area (Å²) in [6.07, 6.45) is 0. The lowest BCUT2D eigenvalue weighted by Gasteiger charge is -2.09. The third-order valence-corrected chi connectivity index (χ3v) is 5.26. The van der Waals surface area contributed by atoms with Gasteiger partial charge in [0.15, 0.2) is 11.0 Å². The van der Waals surface area contributed by atoms with E-state index in [0.717, 1.165) is 11.3 Å². The second-order valence-corrected chi connectivity index (χ2v) is 7.56. The van der Waals surface area contributed by atoms with Gasteiger partial charge in [-0.1, -0.05) is 35.5 Å². The molecule has 0 aliphatic carbocycles. The first-order valence-corrected chi connectivity index (χ1v) is 10.3. The number of hydrogen-bond acceptors (Lipinski definition) is 5. The highest BCUT2D eigenvalue weighted by Gasteiger charge is 2.14. The van der Waals surface area contributed by atoms with E-state index >= 15 is 0 Å². The number of carbonyl (C=O) groups is 1. The van der Waals surface area contributed by atoms with Gasteiger partial charge in [-0.15, -0.1) is 10.2 Å². The monoisotopic (exact) mass is 434 g/mol. The largest absolute Gasteiger partial charge is 0.486 e. The fourth-order valence-electron chi connectivity index (χ4n) is 2.60. The zero-order valence-corrected chi connectivity index (χ0v) is 17.6. The van der Waals surface area contributed by atoms with E-state index in [0.29, 0.717) is 23.2 Å². The van der Waals surface area contributed by atoms with E-state index in [2.05, 4.69) is 15.5 Å². The van der Waals surface area contributed by atoms with Gasteiger partial charge in [-0.3, -0.25) is 4.79 Å². The Hall–Kier alpha value is -2.58. The van der Waals surface area contributed by atoms with Crippen molar-refractivity contribution in [3.05, 3.63) is 64.7 Å². The molecule has 9 heteroatoms. The van der Waals surface area contributed by atoms with Crippen molar-refractivity contribution in [1.29, 1.82) is 0 Å². The lowest BCUT2D eigenvalue weighted by molar-refractivity contribution is -0.113. The van der Waals surface area contributed by atoms with Gasteiger partial charge in [0.1, 0.15) is 18.2 Å². The number of aryl methyl sites for hydroxylation is 1. The average molecular weight is 435 g/mol. The van der Waals surface area contributed by atoms with Crippen molar-refractivity contribution in [2.75, 3.05) is 11.1 Å². The summed E-state index contributed by atoms with van der Waals surface area (Å²) in [4.78, 5) is 12.2. The minimum Gasteiger partial charge on any atom is -0.486 e. The Morgan fingerprint density at radius 2 is 2.10 bits per heavy atom. The van der Waals surface area contributed by atoms with E-state index < -0.39 is 5.82 Å². The molecule has 1 aromatic heterocycles. The van der Waals surface area contributed by atoms with Gasteiger partial charge in [-0.05, 0) is 49.7 Å². The first-order valence-electron chi connectivity index (χ1n) is 8.95. The summed E-state index contributed by atoms with van der Waals surface area (Å²) >= 11 is 7.00. The first-order chi connectivity index (χ1) is 14.0. The predicted octanol–water partition coefficient (Wildman–Crippen LogP) is 4.71. The summed E-state index contributed by atoms with van der Waals surface area (Å²) in [6.45, 7) is 4.91. The van der Waals surface area contributed by atoms with Crippen LogP contribution in [-0.2, 0) is 17.9 Å². The number of benzene rings is 2. The molecule has 6 nitrogen and oxygen atoms in total. The van der Waals surface area contributed by atoms with Crippen LogP contribution >= 0.6 is 23.4 Å². The average Bonchev–Trinajstić information content (AvgIpc) is 3.09. The molecule has 3 aromatic rings. The lowest BCUT2D eigenvalue weighted by atomic mass is 10.2. The molecule has 0 aliphatic rings. The second-order valence-electron chi connectivity index (χ2n) is 6.21. The van der Waals surface area contributed by atoms with E-state index in [4.69, 9.17) is 16.3 Å². The fraction of sp³-hybridized carbons (Fsp3) is 0.250.